The molecule has 0 aromatic rings. The Bertz CT molecular complexity index is 333. The van der Waals surface area contributed by atoms with Crippen LogP contribution in [0.3, 0.4) is 0 Å². The summed E-state index contributed by atoms with van der Waals surface area (Å²) in [6.45, 7) is -2.32. The van der Waals surface area contributed by atoms with E-state index in [-0.39, 0.29) is 0 Å². The molecule has 0 N–H and O–H groups in total. The molecule has 14 nitrogen and oxygen atoms in total. The molecule has 21 heavy (non-hydrogen) atoms. The van der Waals surface area contributed by atoms with E-state index in [4.69, 9.17) is 0 Å². The Kier molecular flexibility index (Phi) is 7.13. The van der Waals surface area contributed by atoms with Crippen LogP contribution in [0, 0.1) is 35.8 Å². The first-order valence-corrected chi connectivity index (χ1v) is 5.12. The highest BCUT2D eigenvalue weighted by Crippen LogP contribution is 2.21. The van der Waals surface area contributed by atoms with Crippen molar-refractivity contribution < 1.29 is 39.3 Å². The predicted molar refractivity (Wildman–Crippen MR) is 57.9 cm³/mol. The zero-order valence-corrected chi connectivity index (χ0v) is 10.7. The lowest BCUT2D eigenvalue weighted by atomic mass is 9.92. The maximum atomic E-state index is 10.8. The van der Waals surface area contributed by atoms with Crippen LogP contribution >= 0.6 is 0 Å². The van der Waals surface area contributed by atoms with Gasteiger partial charge in [-0.2, -0.15) is 0 Å². The summed E-state index contributed by atoms with van der Waals surface area (Å²) in [7, 11) is 0. The van der Waals surface area contributed by atoms with Crippen LogP contribution in [0.5, 0.6) is 0 Å². The van der Waals surface area contributed by atoms with E-state index in [2.05, 4.69) is 19.2 Å². The molecule has 0 aliphatic carbocycles. The SMILES string of the molecule is CC(=O)OCC(CO[N+](=O)[O-])(CO[N+](=O)[O-])CO[N+](=O)[O-]. The second kappa shape index (κ2) is 8.28. The minimum atomic E-state index is -1.81. The number of hydrogen-bond acceptors (Lipinski definition) is 11. The summed E-state index contributed by atoms with van der Waals surface area (Å²) < 4.78 is 4.56. The molecule has 0 amide bonds. The fraction of sp³-hybridized carbons (Fsp3) is 0.857. The van der Waals surface area contributed by atoms with Gasteiger partial charge in [-0.3, -0.25) is 4.79 Å². The Balaban J connectivity index is 5.02. The molecule has 14 heteroatoms. The van der Waals surface area contributed by atoms with Crippen LogP contribution in [0.4, 0.5) is 0 Å². The molecule has 0 heterocycles. The monoisotopic (exact) mass is 313 g/mol. The number of esters is 1. The normalized spacial score (nSPS) is 10.3. The third-order valence-electron chi connectivity index (χ3n) is 2.01. The van der Waals surface area contributed by atoms with Crippen molar-refractivity contribution in [2.24, 2.45) is 5.41 Å². The molecule has 0 saturated heterocycles. The molecular weight excluding hydrogens is 302 g/mol. The van der Waals surface area contributed by atoms with E-state index in [1.54, 1.807) is 0 Å². The molecule has 0 fully saturated rings. The zero-order valence-electron chi connectivity index (χ0n) is 10.7. The molecule has 0 bridgehead atoms. The Hall–Kier alpha value is -2.93. The lowest BCUT2D eigenvalue weighted by molar-refractivity contribution is -0.782. The molecule has 0 radical (unpaired) electrons. The van der Waals surface area contributed by atoms with Crippen molar-refractivity contribution in [3.8, 4) is 0 Å². The van der Waals surface area contributed by atoms with E-state index in [0.717, 1.165) is 6.92 Å². The van der Waals surface area contributed by atoms with E-state index in [0.29, 0.717) is 0 Å². The predicted octanol–water partition coefficient (Wildman–Crippen LogP) is -0.839. The highest BCUT2D eigenvalue weighted by atomic mass is 17.0. The summed E-state index contributed by atoms with van der Waals surface area (Å²) in [6.07, 6.45) is 0. The molecule has 0 saturated carbocycles. The minimum Gasteiger partial charge on any atom is -0.465 e. The Morgan fingerprint density at radius 3 is 1.43 bits per heavy atom. The number of hydrogen-bond donors (Lipinski definition) is 0. The van der Waals surface area contributed by atoms with Gasteiger partial charge in [-0.05, 0) is 0 Å². The number of rotatable bonds is 11. The largest absolute Gasteiger partial charge is 0.465 e. The summed E-state index contributed by atoms with van der Waals surface area (Å²) in [6, 6.07) is 0. The quantitative estimate of drug-likeness (QED) is 0.263. The Labute approximate surface area is 115 Å². The van der Waals surface area contributed by atoms with E-state index in [1.807, 2.05) is 0 Å². The van der Waals surface area contributed by atoms with Crippen molar-refractivity contribution >= 4 is 5.97 Å². The van der Waals surface area contributed by atoms with Crippen LogP contribution in [0.2, 0.25) is 0 Å². The van der Waals surface area contributed by atoms with Gasteiger partial charge < -0.3 is 19.2 Å². The van der Waals surface area contributed by atoms with Crippen molar-refractivity contribution in [2.75, 3.05) is 26.4 Å². The fourth-order valence-electron chi connectivity index (χ4n) is 1.07. The van der Waals surface area contributed by atoms with Crippen LogP contribution in [-0.4, -0.2) is 47.7 Å². The first kappa shape index (κ1) is 18.1. The van der Waals surface area contributed by atoms with Gasteiger partial charge in [0.2, 0.25) is 0 Å². The minimum absolute atomic E-state index is 0.683. The molecule has 120 valence electrons. The van der Waals surface area contributed by atoms with Crippen molar-refractivity contribution in [1.82, 2.24) is 0 Å². The summed E-state index contributed by atoms with van der Waals surface area (Å²) >= 11 is 0. The standard InChI is InChI=1S/C7H11N3O11/c1-6(11)18-2-7(3-19-8(12)13,4-20-9(14)15)5-21-10(16)17/h2-5H2,1H3. The van der Waals surface area contributed by atoms with Crippen molar-refractivity contribution in [2.45, 2.75) is 6.92 Å². The third-order valence-corrected chi connectivity index (χ3v) is 2.01. The van der Waals surface area contributed by atoms with E-state index < -0.39 is 53.1 Å². The van der Waals surface area contributed by atoms with Crippen LogP contribution < -0.4 is 0 Å². The van der Waals surface area contributed by atoms with E-state index >= 15 is 0 Å². The van der Waals surface area contributed by atoms with Gasteiger partial charge in [0.1, 0.15) is 26.4 Å². The van der Waals surface area contributed by atoms with Crippen LogP contribution in [0.15, 0.2) is 0 Å². The fourth-order valence-corrected chi connectivity index (χ4v) is 1.07. The van der Waals surface area contributed by atoms with Crippen molar-refractivity contribution in [1.29, 1.82) is 0 Å². The van der Waals surface area contributed by atoms with Crippen LogP contribution in [0.1, 0.15) is 6.92 Å². The lowest BCUT2D eigenvalue weighted by Gasteiger charge is -2.29. The van der Waals surface area contributed by atoms with Gasteiger partial charge in [-0.1, -0.05) is 0 Å². The number of carbonyl (C=O) groups is 1. The van der Waals surface area contributed by atoms with Crippen molar-refractivity contribution in [3.63, 3.8) is 0 Å². The van der Waals surface area contributed by atoms with Gasteiger partial charge in [0.25, 0.3) is 15.3 Å². The van der Waals surface area contributed by atoms with Gasteiger partial charge in [0.05, 0.1) is 5.41 Å². The van der Waals surface area contributed by atoms with Gasteiger partial charge >= 0.3 is 5.97 Å². The Morgan fingerprint density at radius 2 is 1.19 bits per heavy atom. The lowest BCUT2D eigenvalue weighted by Crippen LogP contribution is -2.43. The summed E-state index contributed by atoms with van der Waals surface area (Å²) in [5.41, 5.74) is -1.81. The van der Waals surface area contributed by atoms with Gasteiger partial charge in [-0.25, -0.2) is 0 Å². The first-order chi connectivity index (χ1) is 9.67. The van der Waals surface area contributed by atoms with Crippen molar-refractivity contribution in [3.05, 3.63) is 30.3 Å². The third kappa shape index (κ3) is 8.73. The maximum absolute atomic E-state index is 10.8. The van der Waals surface area contributed by atoms with Crippen LogP contribution in [0.25, 0.3) is 0 Å². The average molecular weight is 313 g/mol. The highest BCUT2D eigenvalue weighted by Gasteiger charge is 2.37. The van der Waals surface area contributed by atoms with Crippen LogP contribution in [-0.2, 0) is 24.0 Å². The number of ether oxygens (including phenoxy) is 1. The maximum Gasteiger partial charge on any atom is 0.302 e. The summed E-state index contributed by atoms with van der Waals surface area (Å²) in [5, 5.41) is 26.9. The molecule has 0 aliphatic rings. The molecule has 0 aliphatic heterocycles. The molecule has 0 unspecified atom stereocenters. The van der Waals surface area contributed by atoms with Gasteiger partial charge in [0, 0.05) is 6.92 Å². The second-order valence-corrected chi connectivity index (χ2v) is 3.77. The molecular formula is C7H11N3O11. The average Bonchev–Trinajstić information content (AvgIpc) is 2.36. The second-order valence-electron chi connectivity index (χ2n) is 3.77. The summed E-state index contributed by atoms with van der Waals surface area (Å²) in [4.78, 5) is 53.4. The molecule has 0 aromatic carbocycles. The highest BCUT2D eigenvalue weighted by molar-refractivity contribution is 5.65. The molecule has 0 aromatic heterocycles. The van der Waals surface area contributed by atoms with E-state index in [1.165, 1.54) is 0 Å². The molecule has 0 atom stereocenters. The molecule has 0 spiro atoms. The van der Waals surface area contributed by atoms with Gasteiger partial charge in [-0.15, -0.1) is 30.3 Å². The Morgan fingerprint density at radius 1 is 0.857 bits per heavy atom. The van der Waals surface area contributed by atoms with Gasteiger partial charge in [0.15, 0.2) is 0 Å². The summed E-state index contributed by atoms with van der Waals surface area (Å²) in [5.74, 6) is -0.817. The smallest absolute Gasteiger partial charge is 0.302 e. The number of carbonyl (C=O) groups excluding carboxylic acids is 1. The number of nitrogens with zero attached hydrogens (tertiary/aromatic N) is 3. The zero-order chi connectivity index (χ0) is 16.5. The topological polar surface area (TPSA) is 183 Å². The first-order valence-electron chi connectivity index (χ1n) is 5.12. The molecule has 0 rings (SSSR count). The van der Waals surface area contributed by atoms with E-state index in [9.17, 15) is 35.1 Å².